The molecule has 0 aromatic heterocycles. The summed E-state index contributed by atoms with van der Waals surface area (Å²) in [5, 5.41) is 3.78. The number of amides is 1. The van der Waals surface area contributed by atoms with Crippen molar-refractivity contribution >= 4 is 21.8 Å². The van der Waals surface area contributed by atoms with Gasteiger partial charge in [0.1, 0.15) is 0 Å². The van der Waals surface area contributed by atoms with Crippen molar-refractivity contribution in [2.75, 3.05) is 39.4 Å². The van der Waals surface area contributed by atoms with E-state index in [0.29, 0.717) is 0 Å². The van der Waals surface area contributed by atoms with Gasteiger partial charge in [-0.05, 0) is 30.7 Å². The quantitative estimate of drug-likeness (QED) is 0.636. The van der Waals surface area contributed by atoms with Crippen molar-refractivity contribution in [2.45, 2.75) is 11.8 Å². The number of alkyl halides is 1. The van der Waals surface area contributed by atoms with Gasteiger partial charge in [-0.15, -0.1) is 0 Å². The lowest BCUT2D eigenvalue weighted by Gasteiger charge is -2.26. The number of nitrogens with one attached hydrogen (secondary N) is 1. The number of hydrogen-bond donors (Lipinski definition) is 1. The van der Waals surface area contributed by atoms with Crippen molar-refractivity contribution in [1.29, 1.82) is 0 Å². The Labute approximate surface area is 128 Å². The van der Waals surface area contributed by atoms with Crippen LogP contribution in [0.3, 0.4) is 0 Å². The number of morpholine rings is 1. The average Bonchev–Trinajstić information content (AvgIpc) is 2.52. The zero-order valence-corrected chi connectivity index (χ0v) is 13.2. The molecule has 2 rings (SSSR count). The smallest absolute Gasteiger partial charge is 0.251 e. The predicted octanol–water partition coefficient (Wildman–Crippen LogP) is 2.03. The van der Waals surface area contributed by atoms with E-state index in [1.807, 2.05) is 24.3 Å². The molecule has 1 heterocycles. The van der Waals surface area contributed by atoms with Crippen LogP contribution in [0.1, 0.15) is 22.3 Å². The molecule has 0 spiro atoms. The van der Waals surface area contributed by atoms with E-state index >= 15 is 0 Å². The predicted molar refractivity (Wildman–Crippen MR) is 83.3 cm³/mol. The van der Waals surface area contributed by atoms with Crippen LogP contribution in [-0.4, -0.2) is 50.2 Å². The largest absolute Gasteiger partial charge is 0.379 e. The summed E-state index contributed by atoms with van der Waals surface area (Å²) in [6.07, 6.45) is 0.977. The van der Waals surface area contributed by atoms with Crippen molar-refractivity contribution in [2.24, 2.45) is 0 Å². The van der Waals surface area contributed by atoms with E-state index in [0.717, 1.165) is 56.7 Å². The van der Waals surface area contributed by atoms with Crippen LogP contribution in [0, 0.1) is 0 Å². The summed E-state index contributed by atoms with van der Waals surface area (Å²) in [6.45, 7) is 5.39. The molecule has 1 N–H and O–H groups in total. The van der Waals surface area contributed by atoms with Gasteiger partial charge in [0.15, 0.2) is 0 Å². The van der Waals surface area contributed by atoms with Gasteiger partial charge in [-0.25, -0.2) is 0 Å². The number of carbonyl (C=O) groups excluding carboxylic acids is 1. The van der Waals surface area contributed by atoms with E-state index < -0.39 is 0 Å². The van der Waals surface area contributed by atoms with Crippen LogP contribution in [0.25, 0.3) is 0 Å². The number of halogens is 1. The van der Waals surface area contributed by atoms with E-state index in [4.69, 9.17) is 4.74 Å². The second-order valence-electron chi connectivity index (χ2n) is 4.89. The summed E-state index contributed by atoms with van der Waals surface area (Å²) < 4.78 is 5.31. The summed E-state index contributed by atoms with van der Waals surface area (Å²) >= 11 is 3.39. The molecule has 0 saturated carbocycles. The minimum atomic E-state index is 0.00750. The first-order valence-corrected chi connectivity index (χ1v) is 8.15. The highest BCUT2D eigenvalue weighted by Gasteiger charge is 2.10. The van der Waals surface area contributed by atoms with E-state index in [1.54, 1.807) is 0 Å². The number of hydrogen-bond acceptors (Lipinski definition) is 3. The summed E-state index contributed by atoms with van der Waals surface area (Å²) in [4.78, 5) is 14.3. The van der Waals surface area contributed by atoms with Crippen molar-refractivity contribution in [3.63, 3.8) is 0 Å². The molecule has 0 radical (unpaired) electrons. The molecule has 0 aliphatic carbocycles. The molecule has 1 saturated heterocycles. The van der Waals surface area contributed by atoms with Gasteiger partial charge in [-0.3, -0.25) is 9.69 Å². The van der Waals surface area contributed by atoms with Crippen LogP contribution >= 0.6 is 15.9 Å². The molecule has 1 aromatic rings. The van der Waals surface area contributed by atoms with Crippen LogP contribution in [0.4, 0.5) is 0 Å². The first-order valence-electron chi connectivity index (χ1n) is 7.03. The second kappa shape index (κ2) is 8.39. The third-order valence-corrected chi connectivity index (χ3v) is 4.06. The maximum absolute atomic E-state index is 11.9. The van der Waals surface area contributed by atoms with E-state index in [9.17, 15) is 4.79 Å². The monoisotopic (exact) mass is 340 g/mol. The normalized spacial score (nSPS) is 16.1. The van der Waals surface area contributed by atoms with Crippen LogP contribution in [0.2, 0.25) is 0 Å². The lowest BCUT2D eigenvalue weighted by molar-refractivity contribution is 0.0374. The molecule has 1 aromatic carbocycles. The zero-order valence-electron chi connectivity index (χ0n) is 11.6. The fraction of sp³-hybridized carbons (Fsp3) is 0.533. The van der Waals surface area contributed by atoms with Crippen molar-refractivity contribution < 1.29 is 9.53 Å². The summed E-state index contributed by atoms with van der Waals surface area (Å²) in [5.74, 6) is 0.00750. The van der Waals surface area contributed by atoms with Gasteiger partial charge in [0.25, 0.3) is 5.91 Å². The Hall–Kier alpha value is -0.910. The SMILES string of the molecule is O=C(NCCCN1CCOCC1)c1ccc(CBr)cc1. The molecule has 1 aliphatic heterocycles. The van der Waals surface area contributed by atoms with Gasteiger partial charge in [-0.1, -0.05) is 28.1 Å². The Morgan fingerprint density at radius 3 is 2.60 bits per heavy atom. The van der Waals surface area contributed by atoms with Gasteiger partial charge >= 0.3 is 0 Å². The number of benzene rings is 1. The molecule has 20 heavy (non-hydrogen) atoms. The molecular formula is C15H21BrN2O2. The maximum atomic E-state index is 11.9. The highest BCUT2D eigenvalue weighted by molar-refractivity contribution is 9.08. The van der Waals surface area contributed by atoms with Gasteiger partial charge in [0.05, 0.1) is 13.2 Å². The van der Waals surface area contributed by atoms with E-state index in [-0.39, 0.29) is 5.91 Å². The van der Waals surface area contributed by atoms with Crippen molar-refractivity contribution in [1.82, 2.24) is 10.2 Å². The van der Waals surface area contributed by atoms with Gasteiger partial charge < -0.3 is 10.1 Å². The second-order valence-corrected chi connectivity index (χ2v) is 5.45. The fourth-order valence-corrected chi connectivity index (χ4v) is 2.55. The Morgan fingerprint density at radius 1 is 1.25 bits per heavy atom. The molecule has 5 heteroatoms. The van der Waals surface area contributed by atoms with Crippen molar-refractivity contribution in [3.05, 3.63) is 35.4 Å². The topological polar surface area (TPSA) is 41.6 Å². The third-order valence-electron chi connectivity index (χ3n) is 3.41. The molecule has 0 atom stereocenters. The summed E-state index contributed by atoms with van der Waals surface area (Å²) in [6, 6.07) is 7.68. The van der Waals surface area contributed by atoms with E-state index in [2.05, 4.69) is 26.1 Å². The highest BCUT2D eigenvalue weighted by Crippen LogP contribution is 2.07. The van der Waals surface area contributed by atoms with Crippen molar-refractivity contribution in [3.8, 4) is 0 Å². The minimum Gasteiger partial charge on any atom is -0.379 e. The molecule has 0 bridgehead atoms. The van der Waals surface area contributed by atoms with Crippen LogP contribution in [-0.2, 0) is 10.1 Å². The fourth-order valence-electron chi connectivity index (χ4n) is 2.18. The molecular weight excluding hydrogens is 320 g/mol. The maximum Gasteiger partial charge on any atom is 0.251 e. The van der Waals surface area contributed by atoms with Gasteiger partial charge in [-0.2, -0.15) is 0 Å². The first kappa shape index (κ1) is 15.5. The first-order chi connectivity index (χ1) is 9.79. The number of carbonyl (C=O) groups is 1. The van der Waals surface area contributed by atoms with Crippen LogP contribution < -0.4 is 5.32 Å². The molecule has 4 nitrogen and oxygen atoms in total. The van der Waals surface area contributed by atoms with Gasteiger partial charge in [0.2, 0.25) is 0 Å². The molecule has 1 aliphatic rings. The number of ether oxygens (including phenoxy) is 1. The minimum absolute atomic E-state index is 0.00750. The summed E-state index contributed by atoms with van der Waals surface area (Å²) in [5.41, 5.74) is 1.90. The Balaban J connectivity index is 1.66. The number of nitrogens with zero attached hydrogens (tertiary/aromatic N) is 1. The zero-order chi connectivity index (χ0) is 14.2. The van der Waals surface area contributed by atoms with E-state index in [1.165, 1.54) is 5.56 Å². The molecule has 0 unspecified atom stereocenters. The Morgan fingerprint density at radius 2 is 1.95 bits per heavy atom. The Bertz CT molecular complexity index is 416. The lowest BCUT2D eigenvalue weighted by atomic mass is 10.1. The number of rotatable bonds is 6. The molecule has 1 amide bonds. The molecule has 110 valence electrons. The van der Waals surface area contributed by atoms with Crippen LogP contribution in [0.5, 0.6) is 0 Å². The standard InChI is InChI=1S/C15H21BrN2O2/c16-12-13-2-4-14(5-3-13)15(19)17-6-1-7-18-8-10-20-11-9-18/h2-5H,1,6-12H2,(H,17,19). The average molecular weight is 341 g/mol. The third kappa shape index (κ3) is 4.89. The Kier molecular flexibility index (Phi) is 6.50. The molecule has 1 fully saturated rings. The summed E-state index contributed by atoms with van der Waals surface area (Å²) in [7, 11) is 0. The van der Waals surface area contributed by atoms with Gasteiger partial charge in [0, 0.05) is 30.5 Å². The lowest BCUT2D eigenvalue weighted by Crippen LogP contribution is -2.38. The highest BCUT2D eigenvalue weighted by atomic mass is 79.9. The van der Waals surface area contributed by atoms with Crippen LogP contribution in [0.15, 0.2) is 24.3 Å².